The van der Waals surface area contributed by atoms with E-state index in [1.54, 1.807) is 36.4 Å². The van der Waals surface area contributed by atoms with Crippen molar-refractivity contribution in [3.63, 3.8) is 0 Å². The number of hydroxylamine groups is 2. The Morgan fingerprint density at radius 1 is 0.827 bits per heavy atom. The monoisotopic (exact) mass is 743 g/mol. The van der Waals surface area contributed by atoms with Crippen LogP contribution in [-0.4, -0.2) is 65.4 Å². The summed E-state index contributed by atoms with van der Waals surface area (Å²) in [5.41, 5.74) is 1.53. The SMILES string of the molecule is O=C(NC1CCN(CCCCC2(C(=O)N(O)CC(F)(F)F)c3ccccc3-c3ccccc32)CC1)c1cc(Cl)ccc1-c1ccc(C(F)(F)F)cc1. The summed E-state index contributed by atoms with van der Waals surface area (Å²) < 4.78 is 79.2. The second-order valence-corrected chi connectivity index (χ2v) is 13.7. The molecule has 1 aliphatic carbocycles. The average Bonchev–Trinajstić information content (AvgIpc) is 3.40. The highest BCUT2D eigenvalue weighted by atomic mass is 35.5. The number of halogens is 7. The minimum Gasteiger partial charge on any atom is -0.349 e. The Bertz CT molecular complexity index is 1880. The predicted molar refractivity (Wildman–Crippen MR) is 185 cm³/mol. The number of likely N-dealkylation sites (tertiary alicyclic amines) is 1. The molecule has 1 fully saturated rings. The first-order valence-corrected chi connectivity index (χ1v) is 17.3. The summed E-state index contributed by atoms with van der Waals surface area (Å²) >= 11 is 6.20. The average molecular weight is 744 g/mol. The molecule has 6 nitrogen and oxygen atoms in total. The van der Waals surface area contributed by atoms with Crippen LogP contribution < -0.4 is 5.32 Å². The van der Waals surface area contributed by atoms with E-state index >= 15 is 0 Å². The van der Waals surface area contributed by atoms with Crippen molar-refractivity contribution in [1.82, 2.24) is 15.3 Å². The van der Waals surface area contributed by atoms with E-state index in [4.69, 9.17) is 11.6 Å². The second-order valence-electron chi connectivity index (χ2n) is 13.3. The van der Waals surface area contributed by atoms with Crippen molar-refractivity contribution in [2.75, 3.05) is 26.2 Å². The molecule has 52 heavy (non-hydrogen) atoms. The van der Waals surface area contributed by atoms with Gasteiger partial charge in [-0.2, -0.15) is 26.3 Å². The molecule has 6 rings (SSSR count). The topological polar surface area (TPSA) is 72.9 Å². The molecular formula is C39H36ClF6N3O3. The van der Waals surface area contributed by atoms with Gasteiger partial charge in [-0.25, -0.2) is 5.06 Å². The van der Waals surface area contributed by atoms with Crippen molar-refractivity contribution in [2.45, 2.75) is 55.9 Å². The molecule has 0 saturated carbocycles. The minimum absolute atomic E-state index is 0.153. The van der Waals surface area contributed by atoms with Crippen LogP contribution in [0.5, 0.6) is 0 Å². The first kappa shape index (κ1) is 37.4. The number of hydrogen-bond acceptors (Lipinski definition) is 4. The lowest BCUT2D eigenvalue weighted by Gasteiger charge is -2.35. The van der Waals surface area contributed by atoms with Gasteiger partial charge in [0.25, 0.3) is 11.8 Å². The third-order valence-corrected chi connectivity index (χ3v) is 10.2. The van der Waals surface area contributed by atoms with Crippen LogP contribution in [0, 0.1) is 0 Å². The zero-order valence-electron chi connectivity index (χ0n) is 27.9. The molecule has 4 aromatic rings. The smallest absolute Gasteiger partial charge is 0.349 e. The predicted octanol–water partition coefficient (Wildman–Crippen LogP) is 9.14. The van der Waals surface area contributed by atoms with Gasteiger partial charge in [0.2, 0.25) is 0 Å². The summed E-state index contributed by atoms with van der Waals surface area (Å²) in [5, 5.41) is 13.6. The molecule has 0 unspecified atom stereocenters. The summed E-state index contributed by atoms with van der Waals surface area (Å²) in [5.74, 6) is -1.40. The van der Waals surface area contributed by atoms with Crippen LogP contribution in [0.15, 0.2) is 91.0 Å². The first-order chi connectivity index (χ1) is 24.7. The molecule has 0 spiro atoms. The van der Waals surface area contributed by atoms with Gasteiger partial charge in [-0.3, -0.25) is 14.8 Å². The van der Waals surface area contributed by atoms with Gasteiger partial charge >= 0.3 is 12.4 Å². The zero-order valence-corrected chi connectivity index (χ0v) is 28.7. The number of hydrogen-bond donors (Lipinski definition) is 2. The third kappa shape index (κ3) is 7.84. The largest absolute Gasteiger partial charge is 0.416 e. The number of piperidine rings is 1. The Morgan fingerprint density at radius 3 is 2.00 bits per heavy atom. The molecule has 2 aliphatic rings. The molecule has 1 heterocycles. The summed E-state index contributed by atoms with van der Waals surface area (Å²) in [6.07, 6.45) is -6.65. The lowest BCUT2D eigenvalue weighted by atomic mass is 9.73. The van der Waals surface area contributed by atoms with Gasteiger partial charge in [0.05, 0.1) is 5.56 Å². The number of nitrogens with zero attached hydrogens (tertiary/aromatic N) is 2. The number of nitrogens with one attached hydrogen (secondary N) is 1. The quantitative estimate of drug-likeness (QED) is 0.0736. The third-order valence-electron chi connectivity index (χ3n) is 9.94. The lowest BCUT2D eigenvalue weighted by molar-refractivity contribution is -0.215. The summed E-state index contributed by atoms with van der Waals surface area (Å²) in [7, 11) is 0. The van der Waals surface area contributed by atoms with Crippen LogP contribution in [0.3, 0.4) is 0 Å². The van der Waals surface area contributed by atoms with Crippen LogP contribution in [0.1, 0.15) is 59.2 Å². The molecule has 0 aromatic heterocycles. The summed E-state index contributed by atoms with van der Waals surface area (Å²) in [6.45, 7) is 0.207. The highest BCUT2D eigenvalue weighted by Gasteiger charge is 2.51. The van der Waals surface area contributed by atoms with Crippen molar-refractivity contribution in [1.29, 1.82) is 0 Å². The molecule has 13 heteroatoms. The van der Waals surface area contributed by atoms with Gasteiger partial charge in [-0.15, -0.1) is 0 Å². The number of unbranched alkanes of at least 4 members (excludes halogenated alkanes) is 1. The maximum atomic E-state index is 13.8. The van der Waals surface area contributed by atoms with Gasteiger partial charge in [-0.05, 0) is 89.9 Å². The van der Waals surface area contributed by atoms with Crippen molar-refractivity contribution >= 4 is 23.4 Å². The molecule has 1 aliphatic heterocycles. The molecule has 2 N–H and O–H groups in total. The first-order valence-electron chi connectivity index (χ1n) is 16.9. The van der Waals surface area contributed by atoms with Gasteiger partial charge in [0.15, 0.2) is 0 Å². The normalized spacial score (nSPS) is 15.9. The molecule has 4 aromatic carbocycles. The van der Waals surface area contributed by atoms with E-state index in [-0.39, 0.29) is 29.0 Å². The van der Waals surface area contributed by atoms with E-state index in [9.17, 15) is 41.1 Å². The van der Waals surface area contributed by atoms with E-state index in [0.29, 0.717) is 72.6 Å². The van der Waals surface area contributed by atoms with Crippen molar-refractivity contribution < 1.29 is 41.1 Å². The molecular weight excluding hydrogens is 708 g/mol. The van der Waals surface area contributed by atoms with E-state index < -0.39 is 35.8 Å². The zero-order chi connectivity index (χ0) is 37.3. The molecule has 0 radical (unpaired) electrons. The molecule has 0 bridgehead atoms. The molecule has 2 amide bonds. The highest BCUT2D eigenvalue weighted by Crippen LogP contribution is 2.52. The van der Waals surface area contributed by atoms with Crippen LogP contribution in [0.25, 0.3) is 22.3 Å². The minimum atomic E-state index is -4.78. The van der Waals surface area contributed by atoms with Crippen LogP contribution in [-0.2, 0) is 16.4 Å². The van der Waals surface area contributed by atoms with Gasteiger partial charge in [-0.1, -0.05) is 84.8 Å². The standard InChI is InChI=1S/C39H36ClF6N3O3/c40-27-15-16-29(25-11-13-26(14-12-25)39(44,45)46)32(23-27)35(50)47-28-17-21-48(22-18-28)20-6-5-19-37(36(51)49(52)24-38(41,42)43)33-9-3-1-7-30(33)31-8-2-4-10-34(31)37/h1-4,7-16,23,28,52H,5-6,17-22,24H2,(H,47,50). The van der Waals surface area contributed by atoms with Gasteiger partial charge < -0.3 is 10.2 Å². The number of alkyl halides is 6. The molecule has 274 valence electrons. The fourth-order valence-corrected chi connectivity index (χ4v) is 7.65. The van der Waals surface area contributed by atoms with E-state index in [1.807, 2.05) is 24.3 Å². The van der Waals surface area contributed by atoms with Crippen molar-refractivity contribution in [3.8, 4) is 22.3 Å². The number of fused-ring (bicyclic) bond motifs is 3. The van der Waals surface area contributed by atoms with Gasteiger partial charge in [0, 0.05) is 29.7 Å². The Kier molecular flexibility index (Phi) is 10.7. The number of benzene rings is 4. The summed E-state index contributed by atoms with van der Waals surface area (Å²) in [4.78, 5) is 29.5. The van der Waals surface area contributed by atoms with Crippen molar-refractivity contribution in [2.24, 2.45) is 0 Å². The fourth-order valence-electron chi connectivity index (χ4n) is 7.48. The lowest BCUT2D eigenvalue weighted by Crippen LogP contribution is -2.48. The summed E-state index contributed by atoms with van der Waals surface area (Å²) in [6, 6.07) is 23.4. The molecule has 1 saturated heterocycles. The van der Waals surface area contributed by atoms with E-state index in [0.717, 1.165) is 23.3 Å². The van der Waals surface area contributed by atoms with Gasteiger partial charge in [0.1, 0.15) is 12.0 Å². The number of amides is 2. The Balaban J connectivity index is 1.08. The van der Waals surface area contributed by atoms with E-state index in [2.05, 4.69) is 10.2 Å². The number of carbonyl (C=O) groups excluding carboxylic acids is 2. The Hall–Kier alpha value is -4.39. The Labute approximate surface area is 302 Å². The highest BCUT2D eigenvalue weighted by molar-refractivity contribution is 6.31. The van der Waals surface area contributed by atoms with Crippen LogP contribution in [0.2, 0.25) is 5.02 Å². The molecule has 0 atom stereocenters. The second kappa shape index (κ2) is 14.9. The maximum Gasteiger partial charge on any atom is 0.416 e. The fraction of sp³-hybridized carbons (Fsp3) is 0.333. The maximum absolute atomic E-state index is 13.8. The van der Waals surface area contributed by atoms with E-state index in [1.165, 1.54) is 18.2 Å². The van der Waals surface area contributed by atoms with Crippen LogP contribution in [0.4, 0.5) is 26.3 Å². The Morgan fingerprint density at radius 2 is 1.42 bits per heavy atom. The van der Waals surface area contributed by atoms with Crippen LogP contribution >= 0.6 is 11.6 Å². The van der Waals surface area contributed by atoms with Crippen molar-refractivity contribution in [3.05, 3.63) is 118 Å². The number of carbonyl (C=O) groups is 2. The number of rotatable bonds is 10.